The highest BCUT2D eigenvalue weighted by Crippen LogP contribution is 2.15. The molecule has 7 heteroatoms. The predicted octanol–water partition coefficient (Wildman–Crippen LogP) is 1.26. The first-order valence-corrected chi connectivity index (χ1v) is 8.99. The number of ether oxygens (including phenoxy) is 2. The fraction of sp³-hybridized carbons (Fsp3) is 0.579. The molecule has 1 aliphatic heterocycles. The van der Waals surface area contributed by atoms with Crippen LogP contribution in [0.4, 0.5) is 0 Å². The Morgan fingerprint density at radius 3 is 2.73 bits per heavy atom. The molecule has 1 unspecified atom stereocenters. The van der Waals surface area contributed by atoms with Crippen LogP contribution in [0.3, 0.4) is 0 Å². The number of hydrogen-bond donors (Lipinski definition) is 1. The molecule has 1 saturated heterocycles. The molecule has 0 spiro atoms. The van der Waals surface area contributed by atoms with Gasteiger partial charge < -0.3 is 19.5 Å². The molecule has 1 atom stereocenters. The van der Waals surface area contributed by atoms with Gasteiger partial charge >= 0.3 is 5.97 Å². The summed E-state index contributed by atoms with van der Waals surface area (Å²) in [4.78, 5) is 26.7. The van der Waals surface area contributed by atoms with Gasteiger partial charge in [-0.15, -0.1) is 0 Å². The molecule has 0 saturated carbocycles. The van der Waals surface area contributed by atoms with Crippen molar-refractivity contribution in [3.05, 3.63) is 29.8 Å². The van der Waals surface area contributed by atoms with Gasteiger partial charge in [0.25, 0.3) is 0 Å². The number of carboxylic acid groups (broad SMARTS) is 1. The number of benzene rings is 1. The third-order valence-electron chi connectivity index (χ3n) is 4.27. The normalized spacial score (nSPS) is 17.3. The molecule has 1 aromatic carbocycles. The lowest BCUT2D eigenvalue weighted by molar-refractivity contribution is -0.142. The Labute approximate surface area is 154 Å². The number of nitrogens with zero attached hydrogens (tertiary/aromatic N) is 2. The molecule has 1 aliphatic rings. The Kier molecular flexibility index (Phi) is 7.87. The summed E-state index contributed by atoms with van der Waals surface area (Å²) in [5, 5.41) is 8.82. The number of carboxylic acids is 1. The summed E-state index contributed by atoms with van der Waals surface area (Å²) in [6.07, 6.45) is 0.986. The van der Waals surface area contributed by atoms with Crippen molar-refractivity contribution in [1.82, 2.24) is 9.80 Å². The van der Waals surface area contributed by atoms with E-state index in [2.05, 4.69) is 0 Å². The van der Waals surface area contributed by atoms with Crippen LogP contribution in [0, 0.1) is 0 Å². The molecule has 1 N–H and O–H groups in total. The average Bonchev–Trinajstić information content (AvgIpc) is 2.60. The molecule has 26 heavy (non-hydrogen) atoms. The molecule has 1 aromatic rings. The van der Waals surface area contributed by atoms with Gasteiger partial charge in [0, 0.05) is 26.1 Å². The second-order valence-corrected chi connectivity index (χ2v) is 6.50. The Balaban J connectivity index is 1.78. The number of aliphatic carboxylic acids is 1. The summed E-state index contributed by atoms with van der Waals surface area (Å²) < 4.78 is 11.1. The minimum absolute atomic E-state index is 0.0362. The number of likely N-dealkylation sites (N-methyl/N-ethyl adjacent to an activating group) is 1. The molecule has 0 aliphatic carbocycles. The molecule has 1 heterocycles. The highest BCUT2D eigenvalue weighted by atomic mass is 16.5. The van der Waals surface area contributed by atoms with Crippen LogP contribution in [0.1, 0.15) is 18.9 Å². The van der Waals surface area contributed by atoms with Crippen LogP contribution in [0.2, 0.25) is 0 Å². The zero-order valence-corrected chi connectivity index (χ0v) is 15.5. The summed E-state index contributed by atoms with van der Waals surface area (Å²) in [6, 6.07) is 7.82. The SMILES string of the molecule is CCOc1ccc(CCC(=O)N2CCOC(CN(C)CC(=O)O)C2)cc1. The highest BCUT2D eigenvalue weighted by molar-refractivity contribution is 5.76. The van der Waals surface area contributed by atoms with Crippen LogP contribution >= 0.6 is 0 Å². The fourth-order valence-electron chi connectivity index (χ4n) is 3.03. The maximum Gasteiger partial charge on any atom is 0.317 e. The van der Waals surface area contributed by atoms with Gasteiger partial charge in [0.1, 0.15) is 5.75 Å². The number of morpholine rings is 1. The Bertz CT molecular complexity index is 590. The van der Waals surface area contributed by atoms with Crippen LogP contribution in [-0.4, -0.2) is 79.3 Å². The van der Waals surface area contributed by atoms with Crippen LogP contribution < -0.4 is 4.74 Å². The van der Waals surface area contributed by atoms with Gasteiger partial charge in [-0.25, -0.2) is 0 Å². The van der Waals surface area contributed by atoms with Crippen molar-refractivity contribution >= 4 is 11.9 Å². The van der Waals surface area contributed by atoms with Gasteiger partial charge in [-0.3, -0.25) is 14.5 Å². The Morgan fingerprint density at radius 1 is 1.35 bits per heavy atom. The topological polar surface area (TPSA) is 79.3 Å². The summed E-state index contributed by atoms with van der Waals surface area (Å²) in [7, 11) is 1.74. The van der Waals surface area contributed by atoms with Crippen LogP contribution in [0.25, 0.3) is 0 Å². The fourth-order valence-corrected chi connectivity index (χ4v) is 3.03. The van der Waals surface area contributed by atoms with E-state index >= 15 is 0 Å². The Morgan fingerprint density at radius 2 is 2.08 bits per heavy atom. The third-order valence-corrected chi connectivity index (χ3v) is 4.27. The highest BCUT2D eigenvalue weighted by Gasteiger charge is 2.25. The van der Waals surface area contributed by atoms with Crippen LogP contribution in [0.5, 0.6) is 5.75 Å². The summed E-state index contributed by atoms with van der Waals surface area (Å²) in [5.41, 5.74) is 1.10. The number of aryl methyl sites for hydroxylation is 1. The van der Waals surface area contributed by atoms with Gasteiger partial charge in [-0.2, -0.15) is 0 Å². The lowest BCUT2D eigenvalue weighted by Gasteiger charge is -2.34. The zero-order chi connectivity index (χ0) is 18.9. The van der Waals surface area contributed by atoms with Crippen LogP contribution in [0.15, 0.2) is 24.3 Å². The molecular formula is C19H28N2O5. The van der Waals surface area contributed by atoms with Gasteiger partial charge in [0.15, 0.2) is 0 Å². The maximum absolute atomic E-state index is 12.5. The van der Waals surface area contributed by atoms with Crippen molar-refractivity contribution in [2.45, 2.75) is 25.9 Å². The molecule has 1 amide bonds. The molecule has 7 nitrogen and oxygen atoms in total. The molecule has 0 aromatic heterocycles. The lowest BCUT2D eigenvalue weighted by Crippen LogP contribution is -2.49. The summed E-state index contributed by atoms with van der Waals surface area (Å²) >= 11 is 0. The van der Waals surface area contributed by atoms with E-state index in [0.717, 1.165) is 11.3 Å². The molecule has 0 radical (unpaired) electrons. The maximum atomic E-state index is 12.5. The largest absolute Gasteiger partial charge is 0.494 e. The van der Waals surface area contributed by atoms with Gasteiger partial charge in [0.05, 0.1) is 25.9 Å². The molecule has 1 fully saturated rings. The van der Waals surface area contributed by atoms with Crippen LogP contribution in [-0.2, 0) is 20.7 Å². The van der Waals surface area contributed by atoms with Crippen molar-refractivity contribution in [3.63, 3.8) is 0 Å². The number of amides is 1. The molecule has 0 bridgehead atoms. The predicted molar refractivity (Wildman–Crippen MR) is 97.4 cm³/mol. The van der Waals surface area contributed by atoms with Gasteiger partial charge in [-0.1, -0.05) is 12.1 Å². The number of carbonyl (C=O) groups excluding carboxylic acids is 1. The van der Waals surface area contributed by atoms with E-state index in [1.807, 2.05) is 36.1 Å². The van der Waals surface area contributed by atoms with Crippen molar-refractivity contribution in [3.8, 4) is 5.75 Å². The summed E-state index contributed by atoms with van der Waals surface area (Å²) in [5.74, 6) is 0.0729. The smallest absolute Gasteiger partial charge is 0.317 e. The van der Waals surface area contributed by atoms with E-state index in [1.165, 1.54) is 0 Å². The zero-order valence-electron chi connectivity index (χ0n) is 15.5. The van der Waals surface area contributed by atoms with Crippen molar-refractivity contribution in [2.75, 3.05) is 46.4 Å². The van der Waals surface area contributed by atoms with E-state index in [9.17, 15) is 9.59 Å². The summed E-state index contributed by atoms with van der Waals surface area (Å²) in [6.45, 7) is 4.62. The second-order valence-electron chi connectivity index (χ2n) is 6.50. The van der Waals surface area contributed by atoms with Crippen molar-refractivity contribution in [2.24, 2.45) is 0 Å². The molecule has 144 valence electrons. The number of hydrogen-bond acceptors (Lipinski definition) is 5. The van der Waals surface area contributed by atoms with E-state index in [4.69, 9.17) is 14.6 Å². The van der Waals surface area contributed by atoms with E-state index in [1.54, 1.807) is 11.9 Å². The van der Waals surface area contributed by atoms with E-state index < -0.39 is 5.97 Å². The standard InChI is InChI=1S/C19H28N2O5/c1-3-25-16-7-4-15(5-8-16)6-9-18(22)21-10-11-26-17(13-21)12-20(2)14-19(23)24/h4-5,7-8,17H,3,6,9-14H2,1-2H3,(H,23,24). The monoisotopic (exact) mass is 364 g/mol. The first-order chi connectivity index (χ1) is 12.5. The number of carbonyl (C=O) groups is 2. The van der Waals surface area contributed by atoms with Gasteiger partial charge in [0.2, 0.25) is 5.91 Å². The second kappa shape index (κ2) is 10.1. The quantitative estimate of drug-likeness (QED) is 0.711. The van der Waals surface area contributed by atoms with E-state index in [-0.39, 0.29) is 18.6 Å². The minimum Gasteiger partial charge on any atom is -0.494 e. The molecular weight excluding hydrogens is 336 g/mol. The third kappa shape index (κ3) is 6.65. The first-order valence-electron chi connectivity index (χ1n) is 8.99. The van der Waals surface area contributed by atoms with Crippen molar-refractivity contribution in [1.29, 1.82) is 0 Å². The van der Waals surface area contributed by atoms with Gasteiger partial charge in [-0.05, 0) is 38.1 Å². The van der Waals surface area contributed by atoms with E-state index in [0.29, 0.717) is 45.7 Å². The average molecular weight is 364 g/mol. The number of rotatable bonds is 9. The van der Waals surface area contributed by atoms with Crippen molar-refractivity contribution < 1.29 is 24.2 Å². The molecule has 2 rings (SSSR count). The lowest BCUT2D eigenvalue weighted by atomic mass is 10.1. The minimum atomic E-state index is -0.869. The first kappa shape index (κ1) is 20.2. The Hall–Kier alpha value is -2.12.